The van der Waals surface area contributed by atoms with Gasteiger partial charge in [0.15, 0.2) is 13.9 Å². The molecule has 13 heteroatoms. The van der Waals surface area contributed by atoms with E-state index in [0.717, 1.165) is 22.2 Å². The van der Waals surface area contributed by atoms with Crippen LogP contribution in [0.2, 0.25) is 18.6 Å². The largest absolute Gasteiger partial charge is 0.497 e. The lowest BCUT2D eigenvalue weighted by atomic mass is 9.82. The number of rotatable bonds is 10. The molecular weight excluding hydrogens is 641 g/mol. The van der Waals surface area contributed by atoms with E-state index in [4.69, 9.17) is 9.47 Å². The first-order valence-electron chi connectivity index (χ1n) is 16.5. The minimum absolute atomic E-state index is 0.00976. The molecule has 5 aromatic rings. The number of aliphatic hydroxyl groups is 1. The molecule has 1 spiro atoms. The van der Waals surface area contributed by atoms with Gasteiger partial charge in [-0.2, -0.15) is 9.78 Å². The topological polar surface area (TPSA) is 145 Å². The summed E-state index contributed by atoms with van der Waals surface area (Å²) in [6.07, 6.45) is 4.01. The lowest BCUT2D eigenvalue weighted by Crippen LogP contribution is -2.46. The quantitative estimate of drug-likeness (QED) is 0.210. The van der Waals surface area contributed by atoms with Crippen LogP contribution in [-0.2, 0) is 34.6 Å². The van der Waals surface area contributed by atoms with Gasteiger partial charge in [-0.25, -0.2) is 0 Å². The van der Waals surface area contributed by atoms with Gasteiger partial charge in [-0.05, 0) is 61.5 Å². The third kappa shape index (κ3) is 5.66. The molecule has 0 radical (unpaired) electrons. The Morgan fingerprint density at radius 2 is 1.84 bits per heavy atom. The van der Waals surface area contributed by atoms with E-state index in [1.165, 1.54) is 4.68 Å². The van der Waals surface area contributed by atoms with Crippen LogP contribution in [0.3, 0.4) is 0 Å². The summed E-state index contributed by atoms with van der Waals surface area (Å²) in [6.45, 7) is 6.57. The molecule has 2 aliphatic rings. The van der Waals surface area contributed by atoms with Crippen molar-refractivity contribution in [2.45, 2.75) is 63.2 Å². The summed E-state index contributed by atoms with van der Waals surface area (Å²) in [5.41, 5.74) is 1.88. The zero-order valence-electron chi connectivity index (χ0n) is 28.0. The van der Waals surface area contributed by atoms with Gasteiger partial charge in [0.1, 0.15) is 5.75 Å². The van der Waals surface area contributed by atoms with E-state index in [0.29, 0.717) is 41.9 Å². The Labute approximate surface area is 284 Å². The fourth-order valence-electron chi connectivity index (χ4n) is 7.75. The van der Waals surface area contributed by atoms with Gasteiger partial charge in [0.25, 0.3) is 11.5 Å². The van der Waals surface area contributed by atoms with Gasteiger partial charge >= 0.3 is 0 Å². The summed E-state index contributed by atoms with van der Waals surface area (Å²) in [5, 5.41) is 23.4. The maximum atomic E-state index is 14.8. The maximum absolute atomic E-state index is 14.8. The third-order valence-corrected chi connectivity index (χ3v) is 12.5. The number of benzene rings is 3. The number of aliphatic hydroxyl groups excluding tert-OH is 1. The zero-order valence-corrected chi connectivity index (χ0v) is 29.0. The maximum Gasteiger partial charge on any atom is 0.279 e. The van der Waals surface area contributed by atoms with Gasteiger partial charge < -0.3 is 24.3 Å². The minimum Gasteiger partial charge on any atom is -0.497 e. The van der Waals surface area contributed by atoms with Crippen LogP contribution in [-0.4, -0.2) is 68.7 Å². The molecule has 1 fully saturated rings. The first kappa shape index (κ1) is 32.8. The Morgan fingerprint density at radius 3 is 2.57 bits per heavy atom. The number of fused-ring (bicyclic) bond motifs is 3. The number of aromatic nitrogens is 5. The zero-order chi connectivity index (χ0) is 34.5. The molecule has 0 bridgehead atoms. The van der Waals surface area contributed by atoms with Crippen molar-refractivity contribution in [2.24, 2.45) is 5.92 Å². The molecule has 0 aliphatic carbocycles. The number of hydrogen-bond donors (Lipinski definition) is 2. The predicted octanol–water partition coefficient (Wildman–Crippen LogP) is 3.96. The van der Waals surface area contributed by atoms with E-state index in [1.54, 1.807) is 35.2 Å². The standard InChI is InChI=1S/C36H40N6O6Si/c1-23-33(49(3,4)46)32(15-17-40-22-26(16-18-43)38-39-40)48-36(23)30-19-28(47-2)13-14-31(30)41(35(36)45)21-24-9-11-27(12-10-24)42-34(44)29-8-6-5-7-25(29)20-37-42/h5-14,19-20,22-23,32-33,43,46H,15-18,21H2,1-4H3/t23-,32+,33-,36+/m0/s1. The molecule has 0 unspecified atom stereocenters. The Hall–Kier alpha value is -4.69. The lowest BCUT2D eigenvalue weighted by Gasteiger charge is -2.32. The summed E-state index contributed by atoms with van der Waals surface area (Å²) in [5.74, 6) is 0.0960. The smallest absolute Gasteiger partial charge is 0.279 e. The number of methoxy groups -OCH3 is 1. The molecule has 49 heavy (non-hydrogen) atoms. The molecule has 3 aromatic carbocycles. The number of hydrogen-bond acceptors (Lipinski definition) is 9. The monoisotopic (exact) mass is 680 g/mol. The van der Waals surface area contributed by atoms with E-state index in [-0.39, 0.29) is 36.1 Å². The van der Waals surface area contributed by atoms with Gasteiger partial charge in [0.2, 0.25) is 0 Å². The second-order valence-corrected chi connectivity index (χ2v) is 17.5. The summed E-state index contributed by atoms with van der Waals surface area (Å²) in [7, 11) is -1.26. The fourth-order valence-corrected chi connectivity index (χ4v) is 10.3. The van der Waals surface area contributed by atoms with Gasteiger partial charge in [-0.1, -0.05) is 42.5 Å². The van der Waals surface area contributed by atoms with Crippen molar-refractivity contribution >= 4 is 30.7 Å². The van der Waals surface area contributed by atoms with Crippen LogP contribution in [0.4, 0.5) is 5.69 Å². The molecule has 4 atom stereocenters. The first-order valence-corrected chi connectivity index (χ1v) is 19.5. The van der Waals surface area contributed by atoms with Crippen LogP contribution in [0, 0.1) is 5.92 Å². The second-order valence-electron chi connectivity index (χ2n) is 13.5. The van der Waals surface area contributed by atoms with Crippen molar-refractivity contribution in [1.29, 1.82) is 0 Å². The number of amides is 1. The molecule has 2 aliphatic heterocycles. The van der Waals surface area contributed by atoms with Gasteiger partial charge in [-0.3, -0.25) is 14.3 Å². The number of nitrogens with zero attached hydrogens (tertiary/aromatic N) is 6. The summed E-state index contributed by atoms with van der Waals surface area (Å²) < 4.78 is 15.7. The van der Waals surface area contributed by atoms with Crippen LogP contribution >= 0.6 is 0 Å². The highest BCUT2D eigenvalue weighted by Crippen LogP contribution is 2.60. The number of carbonyl (C=O) groups excluding carboxylic acids is 1. The SMILES string of the molecule is COc1ccc2c(c1)[C@@]1(O[C@H](CCn3cc(CCO)nn3)[C@@H]([Si](C)(C)O)[C@@H]1C)C(=O)N2Cc1ccc(-n2ncc3ccccc3c2=O)cc1. The van der Waals surface area contributed by atoms with Crippen molar-refractivity contribution in [2.75, 3.05) is 18.6 Å². The summed E-state index contributed by atoms with van der Waals surface area (Å²) >= 11 is 0. The van der Waals surface area contributed by atoms with E-state index in [1.807, 2.05) is 80.7 Å². The Bertz CT molecular complexity index is 2080. The normalized spacial score (nSPS) is 22.0. The van der Waals surface area contributed by atoms with Gasteiger partial charge in [0, 0.05) is 48.2 Å². The highest BCUT2D eigenvalue weighted by Gasteiger charge is 2.66. The number of ether oxygens (including phenoxy) is 2. The summed E-state index contributed by atoms with van der Waals surface area (Å²) in [6, 6.07) is 20.4. The molecule has 4 heterocycles. The van der Waals surface area contributed by atoms with Crippen LogP contribution < -0.4 is 15.2 Å². The molecule has 2 N–H and O–H groups in total. The molecular formula is C36H40N6O6Si. The van der Waals surface area contributed by atoms with Crippen molar-refractivity contribution < 1.29 is 24.2 Å². The van der Waals surface area contributed by atoms with Crippen molar-refractivity contribution in [3.05, 3.63) is 106 Å². The van der Waals surface area contributed by atoms with Gasteiger partial charge in [0.05, 0.1) is 48.4 Å². The second kappa shape index (κ2) is 12.6. The molecule has 2 aromatic heterocycles. The third-order valence-electron chi connectivity index (χ3n) is 10.0. The van der Waals surface area contributed by atoms with E-state index >= 15 is 0 Å². The predicted molar refractivity (Wildman–Crippen MR) is 186 cm³/mol. The summed E-state index contributed by atoms with van der Waals surface area (Å²) in [4.78, 5) is 41.4. The Balaban J connectivity index is 1.20. The highest BCUT2D eigenvalue weighted by molar-refractivity contribution is 6.71. The van der Waals surface area contributed by atoms with Crippen LogP contribution in [0.15, 0.2) is 83.9 Å². The average Bonchev–Trinajstić information content (AvgIpc) is 3.74. The van der Waals surface area contributed by atoms with Crippen molar-refractivity contribution in [1.82, 2.24) is 24.8 Å². The van der Waals surface area contributed by atoms with Crippen LogP contribution in [0.5, 0.6) is 5.75 Å². The van der Waals surface area contributed by atoms with E-state index in [2.05, 4.69) is 15.4 Å². The van der Waals surface area contributed by atoms with Crippen molar-refractivity contribution in [3.63, 3.8) is 0 Å². The van der Waals surface area contributed by atoms with Crippen molar-refractivity contribution in [3.8, 4) is 11.4 Å². The highest BCUT2D eigenvalue weighted by atomic mass is 28.4. The molecule has 12 nitrogen and oxygen atoms in total. The van der Waals surface area contributed by atoms with E-state index < -0.39 is 20.0 Å². The Kier molecular flexibility index (Phi) is 8.47. The van der Waals surface area contributed by atoms with E-state index in [9.17, 15) is 19.5 Å². The molecule has 254 valence electrons. The molecule has 1 amide bonds. The van der Waals surface area contributed by atoms with Crippen LogP contribution in [0.25, 0.3) is 16.5 Å². The molecule has 7 rings (SSSR count). The number of anilines is 1. The van der Waals surface area contributed by atoms with Gasteiger partial charge in [-0.15, -0.1) is 5.10 Å². The number of carbonyl (C=O) groups is 1. The Morgan fingerprint density at radius 1 is 1.06 bits per heavy atom. The minimum atomic E-state index is -2.86. The average molecular weight is 681 g/mol. The lowest BCUT2D eigenvalue weighted by molar-refractivity contribution is -0.146. The van der Waals surface area contributed by atoms with Crippen LogP contribution in [0.1, 0.15) is 30.2 Å². The molecule has 0 saturated carbocycles. The molecule has 1 saturated heterocycles. The number of aryl methyl sites for hydroxylation is 1. The first-order chi connectivity index (χ1) is 23.5. The fraction of sp³-hybridized carbons (Fsp3) is 0.361.